The number of aromatic nitrogens is 4. The van der Waals surface area contributed by atoms with Gasteiger partial charge in [-0.05, 0) is 32.0 Å². The van der Waals surface area contributed by atoms with Crippen LogP contribution >= 0.6 is 0 Å². The molecule has 102 valence electrons. The van der Waals surface area contributed by atoms with E-state index in [-0.39, 0.29) is 0 Å². The van der Waals surface area contributed by atoms with Crippen molar-refractivity contribution in [2.24, 2.45) is 0 Å². The Labute approximate surface area is 117 Å². The summed E-state index contributed by atoms with van der Waals surface area (Å²) in [6.07, 6.45) is 1.80. The van der Waals surface area contributed by atoms with Crippen LogP contribution in [0.4, 0.5) is 0 Å². The quantitative estimate of drug-likeness (QED) is 0.794. The van der Waals surface area contributed by atoms with Gasteiger partial charge in [0.1, 0.15) is 5.75 Å². The fraction of sp³-hybridized carbons (Fsp3) is 0.200. The number of nitrogens with one attached hydrogen (secondary N) is 1. The Morgan fingerprint density at radius 2 is 2.00 bits per heavy atom. The first-order valence-corrected chi connectivity index (χ1v) is 6.41. The van der Waals surface area contributed by atoms with Crippen molar-refractivity contribution in [3.05, 3.63) is 47.9 Å². The van der Waals surface area contributed by atoms with Crippen molar-refractivity contribution in [2.45, 2.75) is 13.8 Å². The van der Waals surface area contributed by atoms with Crippen molar-refractivity contribution in [2.75, 3.05) is 7.11 Å². The van der Waals surface area contributed by atoms with E-state index in [4.69, 9.17) is 4.74 Å². The summed E-state index contributed by atoms with van der Waals surface area (Å²) in [4.78, 5) is 7.69. The number of aryl methyl sites for hydroxylation is 2. The molecule has 0 saturated heterocycles. The zero-order chi connectivity index (χ0) is 14.1. The van der Waals surface area contributed by atoms with Crippen molar-refractivity contribution < 1.29 is 4.74 Å². The van der Waals surface area contributed by atoms with E-state index in [0.717, 1.165) is 28.4 Å². The minimum Gasteiger partial charge on any atom is -0.496 e. The molecule has 0 radical (unpaired) electrons. The molecule has 3 rings (SSSR count). The molecule has 0 aliphatic heterocycles. The van der Waals surface area contributed by atoms with Gasteiger partial charge in [-0.3, -0.25) is 0 Å². The molecule has 0 fully saturated rings. The second-order valence-corrected chi connectivity index (χ2v) is 4.66. The van der Waals surface area contributed by atoms with Gasteiger partial charge in [-0.1, -0.05) is 12.1 Å². The van der Waals surface area contributed by atoms with Crippen LogP contribution in [0.2, 0.25) is 0 Å². The van der Waals surface area contributed by atoms with Crippen LogP contribution in [0, 0.1) is 13.8 Å². The molecule has 1 aromatic carbocycles. The Balaban J connectivity index is 2.04. The highest BCUT2D eigenvalue weighted by atomic mass is 16.5. The summed E-state index contributed by atoms with van der Waals surface area (Å²) < 4.78 is 7.17. The van der Waals surface area contributed by atoms with Gasteiger partial charge in [-0.2, -0.15) is 5.10 Å². The molecule has 5 heteroatoms. The maximum atomic E-state index is 5.37. The summed E-state index contributed by atoms with van der Waals surface area (Å²) in [5, 5.41) is 4.42. The Bertz CT molecular complexity index is 742. The molecule has 0 bridgehead atoms. The largest absolute Gasteiger partial charge is 0.496 e. The molecule has 0 aliphatic rings. The topological polar surface area (TPSA) is 55.7 Å². The summed E-state index contributed by atoms with van der Waals surface area (Å²) in [7, 11) is 1.66. The van der Waals surface area contributed by atoms with Crippen molar-refractivity contribution >= 4 is 0 Å². The van der Waals surface area contributed by atoms with E-state index in [1.54, 1.807) is 18.0 Å². The minimum atomic E-state index is 0.705. The number of benzene rings is 1. The minimum absolute atomic E-state index is 0.705. The van der Waals surface area contributed by atoms with Crippen molar-refractivity contribution in [1.29, 1.82) is 0 Å². The predicted octanol–water partition coefficient (Wildman–Crippen LogP) is 2.89. The van der Waals surface area contributed by atoms with Crippen LogP contribution < -0.4 is 4.74 Å². The van der Waals surface area contributed by atoms with Gasteiger partial charge in [0, 0.05) is 11.3 Å². The van der Waals surface area contributed by atoms with E-state index in [1.807, 2.05) is 44.2 Å². The molecule has 0 aliphatic carbocycles. The third kappa shape index (κ3) is 2.07. The van der Waals surface area contributed by atoms with E-state index in [1.165, 1.54) is 0 Å². The number of methoxy groups -OCH3 is 1. The molecule has 0 saturated carbocycles. The predicted molar refractivity (Wildman–Crippen MR) is 77.2 cm³/mol. The highest BCUT2D eigenvalue weighted by molar-refractivity contribution is 5.67. The maximum absolute atomic E-state index is 5.37. The van der Waals surface area contributed by atoms with Crippen LogP contribution in [0.25, 0.3) is 17.2 Å². The number of H-pyrrole nitrogens is 1. The zero-order valence-electron chi connectivity index (χ0n) is 11.7. The number of ether oxygens (including phenoxy) is 1. The van der Waals surface area contributed by atoms with Crippen molar-refractivity contribution in [3.63, 3.8) is 0 Å². The fourth-order valence-electron chi connectivity index (χ4n) is 2.27. The molecule has 5 nitrogen and oxygen atoms in total. The first-order valence-electron chi connectivity index (χ1n) is 6.41. The lowest BCUT2D eigenvalue weighted by Gasteiger charge is -2.05. The van der Waals surface area contributed by atoms with Crippen LogP contribution in [-0.4, -0.2) is 26.9 Å². The lowest BCUT2D eigenvalue weighted by atomic mass is 10.1. The van der Waals surface area contributed by atoms with E-state index >= 15 is 0 Å². The zero-order valence-corrected chi connectivity index (χ0v) is 11.7. The van der Waals surface area contributed by atoms with Crippen LogP contribution in [0.1, 0.15) is 11.4 Å². The molecule has 0 spiro atoms. The monoisotopic (exact) mass is 268 g/mol. The van der Waals surface area contributed by atoms with Gasteiger partial charge >= 0.3 is 0 Å². The number of rotatable bonds is 3. The summed E-state index contributed by atoms with van der Waals surface area (Å²) in [6.45, 7) is 3.97. The normalized spacial score (nSPS) is 10.8. The number of hydrogen-bond donors (Lipinski definition) is 1. The van der Waals surface area contributed by atoms with Gasteiger partial charge in [0.15, 0.2) is 0 Å². The van der Waals surface area contributed by atoms with Crippen LogP contribution in [0.5, 0.6) is 5.75 Å². The summed E-state index contributed by atoms with van der Waals surface area (Å²) in [6, 6.07) is 9.87. The van der Waals surface area contributed by atoms with Crippen molar-refractivity contribution in [1.82, 2.24) is 19.7 Å². The van der Waals surface area contributed by atoms with E-state index < -0.39 is 0 Å². The molecular weight excluding hydrogens is 252 g/mol. The van der Waals surface area contributed by atoms with Gasteiger partial charge in [0.2, 0.25) is 5.95 Å². The van der Waals surface area contributed by atoms with E-state index in [2.05, 4.69) is 15.1 Å². The molecular formula is C15H16N4O. The van der Waals surface area contributed by atoms with Gasteiger partial charge in [-0.25, -0.2) is 9.67 Å². The smallest absolute Gasteiger partial charge is 0.228 e. The average Bonchev–Trinajstić information content (AvgIpc) is 3.05. The SMILES string of the molecule is COc1ccccc1-c1cnc(-n2nc(C)cc2C)[nH]1. The molecule has 1 N–H and O–H groups in total. The Morgan fingerprint density at radius 1 is 1.20 bits per heavy atom. The highest BCUT2D eigenvalue weighted by Gasteiger charge is 2.11. The number of nitrogens with zero attached hydrogens (tertiary/aromatic N) is 3. The number of hydrogen-bond acceptors (Lipinski definition) is 3. The van der Waals surface area contributed by atoms with Gasteiger partial charge in [-0.15, -0.1) is 0 Å². The molecule has 2 heterocycles. The molecule has 0 amide bonds. The summed E-state index contributed by atoms with van der Waals surface area (Å²) >= 11 is 0. The van der Waals surface area contributed by atoms with Gasteiger partial charge in [0.05, 0.1) is 24.7 Å². The number of imidazole rings is 1. The third-order valence-corrected chi connectivity index (χ3v) is 3.17. The lowest BCUT2D eigenvalue weighted by Crippen LogP contribution is -2.01. The van der Waals surface area contributed by atoms with Gasteiger partial charge in [0.25, 0.3) is 0 Å². The fourth-order valence-corrected chi connectivity index (χ4v) is 2.27. The van der Waals surface area contributed by atoms with Crippen LogP contribution in [0.3, 0.4) is 0 Å². The van der Waals surface area contributed by atoms with Crippen LogP contribution in [0.15, 0.2) is 36.5 Å². The second-order valence-electron chi connectivity index (χ2n) is 4.66. The van der Waals surface area contributed by atoms with E-state index in [0.29, 0.717) is 5.95 Å². The lowest BCUT2D eigenvalue weighted by molar-refractivity contribution is 0.416. The standard InChI is InChI=1S/C15H16N4O/c1-10-8-11(2)19(18-10)15-16-9-13(17-15)12-6-4-5-7-14(12)20-3/h4-9H,1-3H3,(H,16,17). The Kier molecular flexibility index (Phi) is 3.02. The van der Waals surface area contributed by atoms with Crippen LogP contribution in [-0.2, 0) is 0 Å². The van der Waals surface area contributed by atoms with E-state index in [9.17, 15) is 0 Å². The first kappa shape index (κ1) is 12.5. The molecule has 2 aromatic heterocycles. The molecule has 0 atom stereocenters. The molecule has 0 unspecified atom stereocenters. The molecule has 20 heavy (non-hydrogen) atoms. The van der Waals surface area contributed by atoms with Gasteiger partial charge < -0.3 is 9.72 Å². The van der Waals surface area contributed by atoms with Crippen molar-refractivity contribution in [3.8, 4) is 23.0 Å². The number of aromatic amines is 1. The maximum Gasteiger partial charge on any atom is 0.228 e. The first-order chi connectivity index (χ1) is 9.69. The average molecular weight is 268 g/mol. The Morgan fingerprint density at radius 3 is 2.70 bits per heavy atom. The molecule has 3 aromatic rings. The Hall–Kier alpha value is -2.56. The number of para-hydroxylation sites is 1. The summed E-state index contributed by atoms with van der Waals surface area (Å²) in [5.74, 6) is 1.52. The second kappa shape index (κ2) is 4.85. The third-order valence-electron chi connectivity index (χ3n) is 3.17. The summed E-state index contributed by atoms with van der Waals surface area (Å²) in [5.41, 5.74) is 3.90. The highest BCUT2D eigenvalue weighted by Crippen LogP contribution is 2.28.